The molecule has 0 radical (unpaired) electrons. The van der Waals surface area contributed by atoms with Crippen molar-refractivity contribution < 1.29 is 27.8 Å². The third-order valence-electron chi connectivity index (χ3n) is 3.19. The lowest BCUT2D eigenvalue weighted by Crippen LogP contribution is -2.17. The van der Waals surface area contributed by atoms with Gasteiger partial charge in [-0.3, -0.25) is 0 Å². The molecule has 116 valence electrons. The van der Waals surface area contributed by atoms with Crippen molar-refractivity contribution >= 4 is 12.0 Å². The van der Waals surface area contributed by atoms with Gasteiger partial charge in [0.1, 0.15) is 5.75 Å². The highest BCUT2D eigenvalue weighted by Crippen LogP contribution is 2.27. The molecule has 0 unspecified atom stereocenters. The van der Waals surface area contributed by atoms with E-state index >= 15 is 0 Å². The van der Waals surface area contributed by atoms with Gasteiger partial charge in [-0.05, 0) is 48.6 Å². The van der Waals surface area contributed by atoms with Crippen molar-refractivity contribution in [3.63, 3.8) is 0 Å². The van der Waals surface area contributed by atoms with Crippen LogP contribution in [0.25, 0.3) is 6.08 Å². The second-order valence-electron chi connectivity index (χ2n) is 4.78. The first-order chi connectivity index (χ1) is 9.64. The number of aliphatic carboxylic acids is 1. The van der Waals surface area contributed by atoms with E-state index in [0.717, 1.165) is 0 Å². The zero-order valence-corrected chi connectivity index (χ0v) is 12.0. The van der Waals surface area contributed by atoms with Crippen molar-refractivity contribution in [1.82, 2.24) is 0 Å². The summed E-state index contributed by atoms with van der Waals surface area (Å²) in [4.78, 5) is 11.2. The zero-order valence-electron chi connectivity index (χ0n) is 12.0. The number of halogens is 3. The minimum atomic E-state index is -4.78. The highest BCUT2D eigenvalue weighted by molar-refractivity contribution is 5.93. The van der Waals surface area contributed by atoms with Gasteiger partial charge in [0.25, 0.3) is 0 Å². The molecule has 1 N–H and O–H groups in total. The second-order valence-corrected chi connectivity index (χ2v) is 4.78. The molecule has 0 aliphatic heterocycles. The Labute approximate surface area is 121 Å². The van der Waals surface area contributed by atoms with Gasteiger partial charge in [-0.2, -0.15) is 0 Å². The number of alkyl halides is 3. The fraction of sp³-hybridized carbons (Fsp3) is 0.400. The maximum Gasteiger partial charge on any atom is 0.573 e. The minimum absolute atomic E-state index is 0.157. The summed E-state index contributed by atoms with van der Waals surface area (Å²) in [6, 6.07) is 3.85. The molecule has 0 aliphatic carbocycles. The van der Waals surface area contributed by atoms with E-state index in [1.54, 1.807) is 13.8 Å². The first-order valence-electron chi connectivity index (χ1n) is 6.45. The number of carboxylic acid groups (broad SMARTS) is 1. The number of ether oxygens (including phenoxy) is 1. The maximum atomic E-state index is 12.2. The summed E-state index contributed by atoms with van der Waals surface area (Å²) < 4.78 is 40.5. The molecule has 21 heavy (non-hydrogen) atoms. The number of carbonyl (C=O) groups is 1. The van der Waals surface area contributed by atoms with Crippen molar-refractivity contribution in [2.24, 2.45) is 5.92 Å². The van der Waals surface area contributed by atoms with Crippen LogP contribution in [0, 0.1) is 12.8 Å². The molecule has 1 aromatic carbocycles. The third-order valence-corrected chi connectivity index (χ3v) is 3.19. The van der Waals surface area contributed by atoms with Gasteiger partial charge in [0, 0.05) is 5.57 Å². The van der Waals surface area contributed by atoms with E-state index in [9.17, 15) is 23.1 Å². The Morgan fingerprint density at radius 3 is 2.52 bits per heavy atom. The summed E-state index contributed by atoms with van der Waals surface area (Å²) in [5.41, 5.74) is 1.23. The van der Waals surface area contributed by atoms with Crippen molar-refractivity contribution in [3.05, 3.63) is 34.9 Å². The molecule has 0 aromatic heterocycles. The van der Waals surface area contributed by atoms with Crippen LogP contribution in [0.4, 0.5) is 13.2 Å². The van der Waals surface area contributed by atoms with Gasteiger partial charge in [0.15, 0.2) is 0 Å². The van der Waals surface area contributed by atoms with Crippen LogP contribution >= 0.6 is 0 Å². The Morgan fingerprint density at radius 2 is 2.05 bits per heavy atom. The molecule has 0 heterocycles. The normalized spacial score (nSPS) is 13.9. The van der Waals surface area contributed by atoms with E-state index in [1.165, 1.54) is 24.3 Å². The van der Waals surface area contributed by atoms with Gasteiger partial charge in [-0.15, -0.1) is 13.2 Å². The van der Waals surface area contributed by atoms with Gasteiger partial charge in [-0.1, -0.05) is 19.9 Å². The van der Waals surface area contributed by atoms with E-state index in [-0.39, 0.29) is 17.2 Å². The van der Waals surface area contributed by atoms with Crippen LogP contribution in [0.3, 0.4) is 0 Å². The fourth-order valence-electron chi connectivity index (χ4n) is 1.77. The Morgan fingerprint density at radius 1 is 1.43 bits per heavy atom. The van der Waals surface area contributed by atoms with Gasteiger partial charge in [0.2, 0.25) is 0 Å². The largest absolute Gasteiger partial charge is 0.573 e. The zero-order chi connectivity index (χ0) is 16.2. The molecule has 0 bridgehead atoms. The Kier molecular flexibility index (Phi) is 5.41. The standard InChI is InChI=1S/C15H17F3O3/c1-4-9(2)13(14(19)20)8-11-7-12(6-5-10(11)3)21-15(16,17)18/h5-9H,4H2,1-3H3,(H,19,20)/b13-8+/t9-/m1/s1. The maximum absolute atomic E-state index is 12.2. The monoisotopic (exact) mass is 302 g/mol. The molecule has 3 nitrogen and oxygen atoms in total. The van der Waals surface area contributed by atoms with E-state index in [1.807, 2.05) is 6.92 Å². The van der Waals surface area contributed by atoms with Gasteiger partial charge < -0.3 is 9.84 Å². The quantitative estimate of drug-likeness (QED) is 0.820. The molecule has 1 atom stereocenters. The minimum Gasteiger partial charge on any atom is -0.478 e. The van der Waals surface area contributed by atoms with E-state index in [2.05, 4.69) is 4.74 Å². The van der Waals surface area contributed by atoms with Crippen LogP contribution in [0.2, 0.25) is 0 Å². The molecule has 0 amide bonds. The number of carboxylic acids is 1. The lowest BCUT2D eigenvalue weighted by atomic mass is 9.95. The summed E-state index contributed by atoms with van der Waals surface area (Å²) in [5.74, 6) is -1.65. The van der Waals surface area contributed by atoms with Crippen LogP contribution in [0.15, 0.2) is 23.8 Å². The molecule has 0 saturated carbocycles. The molecule has 6 heteroatoms. The summed E-state index contributed by atoms with van der Waals surface area (Å²) in [7, 11) is 0. The average molecular weight is 302 g/mol. The number of aryl methyl sites for hydroxylation is 1. The predicted octanol–water partition coefficient (Wildman–Crippen LogP) is 4.41. The molecule has 0 saturated heterocycles. The number of rotatable bonds is 5. The molecule has 0 aliphatic rings. The number of benzene rings is 1. The lowest BCUT2D eigenvalue weighted by molar-refractivity contribution is -0.274. The highest BCUT2D eigenvalue weighted by Gasteiger charge is 2.31. The predicted molar refractivity (Wildman–Crippen MR) is 72.9 cm³/mol. The third kappa shape index (κ3) is 5.13. The van der Waals surface area contributed by atoms with Crippen LogP contribution in [-0.2, 0) is 4.79 Å². The fourth-order valence-corrected chi connectivity index (χ4v) is 1.77. The van der Waals surface area contributed by atoms with Crippen LogP contribution < -0.4 is 4.74 Å². The van der Waals surface area contributed by atoms with Crippen molar-refractivity contribution in [3.8, 4) is 5.75 Å². The van der Waals surface area contributed by atoms with E-state index < -0.39 is 12.3 Å². The van der Waals surface area contributed by atoms with Crippen LogP contribution in [0.1, 0.15) is 31.4 Å². The Balaban J connectivity index is 3.22. The van der Waals surface area contributed by atoms with Gasteiger partial charge in [-0.25, -0.2) is 4.79 Å². The molecule has 1 rings (SSSR count). The van der Waals surface area contributed by atoms with Crippen molar-refractivity contribution in [2.75, 3.05) is 0 Å². The van der Waals surface area contributed by atoms with Gasteiger partial charge >= 0.3 is 12.3 Å². The highest BCUT2D eigenvalue weighted by atomic mass is 19.4. The summed E-state index contributed by atoms with van der Waals surface area (Å²) in [5, 5.41) is 9.20. The van der Waals surface area contributed by atoms with Crippen molar-refractivity contribution in [1.29, 1.82) is 0 Å². The molecule has 1 aromatic rings. The van der Waals surface area contributed by atoms with E-state index in [4.69, 9.17) is 0 Å². The van der Waals surface area contributed by atoms with E-state index in [0.29, 0.717) is 17.5 Å². The molecular formula is C15H17F3O3. The number of hydrogen-bond acceptors (Lipinski definition) is 2. The summed E-state index contributed by atoms with van der Waals surface area (Å²) >= 11 is 0. The first kappa shape index (κ1) is 17.1. The SMILES string of the molecule is CC[C@@H](C)/C(=C\c1cc(OC(F)(F)F)ccc1C)C(=O)O. The van der Waals surface area contributed by atoms with Gasteiger partial charge in [0.05, 0.1) is 0 Å². The lowest BCUT2D eigenvalue weighted by Gasteiger charge is -2.13. The summed E-state index contributed by atoms with van der Waals surface area (Å²) in [6.07, 6.45) is -2.76. The molecule has 0 spiro atoms. The summed E-state index contributed by atoms with van der Waals surface area (Å²) in [6.45, 7) is 5.29. The van der Waals surface area contributed by atoms with Crippen LogP contribution in [-0.4, -0.2) is 17.4 Å². The smallest absolute Gasteiger partial charge is 0.478 e. The first-order valence-corrected chi connectivity index (χ1v) is 6.45. The second kappa shape index (κ2) is 6.65. The average Bonchev–Trinajstić information content (AvgIpc) is 2.36. The Bertz CT molecular complexity index is 548. The number of hydrogen-bond donors (Lipinski definition) is 1. The van der Waals surface area contributed by atoms with Crippen molar-refractivity contribution in [2.45, 2.75) is 33.6 Å². The molecule has 0 fully saturated rings. The van der Waals surface area contributed by atoms with Crippen LogP contribution in [0.5, 0.6) is 5.75 Å². The Hall–Kier alpha value is -1.98. The topological polar surface area (TPSA) is 46.5 Å². The molecular weight excluding hydrogens is 285 g/mol.